The van der Waals surface area contributed by atoms with Gasteiger partial charge < -0.3 is 19.3 Å². The molecule has 3 unspecified atom stereocenters. The molecule has 1 aliphatic heterocycles. The van der Waals surface area contributed by atoms with Crippen molar-refractivity contribution in [3.8, 4) is 0 Å². The van der Waals surface area contributed by atoms with Crippen LogP contribution in [0.3, 0.4) is 0 Å². The van der Waals surface area contributed by atoms with Crippen molar-refractivity contribution in [2.24, 2.45) is 0 Å². The number of ketones is 1. The first-order valence-corrected chi connectivity index (χ1v) is 9.81. The maximum atomic E-state index is 12.2. The molecule has 1 fully saturated rings. The first-order valence-electron chi connectivity index (χ1n) is 8.29. The van der Waals surface area contributed by atoms with Crippen LogP contribution in [-0.4, -0.2) is 36.0 Å². The van der Waals surface area contributed by atoms with Crippen LogP contribution in [0.15, 0.2) is 36.4 Å². The van der Waals surface area contributed by atoms with Crippen molar-refractivity contribution >= 4 is 52.2 Å². The van der Waals surface area contributed by atoms with Gasteiger partial charge in [0.25, 0.3) is 0 Å². The fraction of sp³-hybridized carbons (Fsp3) is 0.316. The summed E-state index contributed by atoms with van der Waals surface area (Å²) in [5.41, 5.74) is 1.40. The average molecular weight is 466 g/mol. The first kappa shape index (κ1) is 21.8. The summed E-state index contributed by atoms with van der Waals surface area (Å²) in [7, 11) is 0. The highest BCUT2D eigenvalue weighted by molar-refractivity contribution is 6.35. The molecule has 0 spiro atoms. The summed E-state index contributed by atoms with van der Waals surface area (Å²) < 4.78 is 16.5. The summed E-state index contributed by atoms with van der Waals surface area (Å²) in [6, 6.07) is 10.0. The molecule has 28 heavy (non-hydrogen) atoms. The third-order valence-electron chi connectivity index (χ3n) is 4.15. The molecule has 0 radical (unpaired) electrons. The van der Waals surface area contributed by atoms with Gasteiger partial charge in [0.15, 0.2) is 0 Å². The zero-order valence-electron chi connectivity index (χ0n) is 14.4. The topological polar surface area (TPSA) is 65.0 Å². The predicted octanol–water partition coefficient (Wildman–Crippen LogP) is 4.69. The minimum absolute atomic E-state index is 0.0285. The van der Waals surface area contributed by atoms with Gasteiger partial charge in [-0.25, -0.2) is 0 Å². The highest BCUT2D eigenvalue weighted by Gasteiger charge is 2.43. The van der Waals surface area contributed by atoms with E-state index in [-0.39, 0.29) is 19.8 Å². The van der Waals surface area contributed by atoms with Gasteiger partial charge in [-0.3, -0.25) is 4.79 Å². The van der Waals surface area contributed by atoms with E-state index < -0.39 is 24.3 Å². The number of Topliss-reactive ketones (excluding diaryl/α,β-unsaturated/α-hetero) is 1. The smallest absolute Gasteiger partial charge is 0.219 e. The van der Waals surface area contributed by atoms with Crippen LogP contribution in [0, 0.1) is 0 Å². The lowest BCUT2D eigenvalue weighted by atomic mass is 10.1. The van der Waals surface area contributed by atoms with Crippen molar-refractivity contribution in [2.45, 2.75) is 31.7 Å². The van der Waals surface area contributed by atoms with E-state index in [0.717, 1.165) is 5.56 Å². The van der Waals surface area contributed by atoms with E-state index in [2.05, 4.69) is 0 Å². The fourth-order valence-corrected chi connectivity index (χ4v) is 3.61. The average Bonchev–Trinajstić information content (AvgIpc) is 2.90. The van der Waals surface area contributed by atoms with Gasteiger partial charge in [-0.05, 0) is 35.4 Å². The maximum Gasteiger partial charge on any atom is 0.219 e. The third kappa shape index (κ3) is 5.38. The Kier molecular flexibility index (Phi) is 7.59. The summed E-state index contributed by atoms with van der Waals surface area (Å²) in [6.45, 7) is 0.276. The molecule has 0 aromatic heterocycles. The van der Waals surface area contributed by atoms with Gasteiger partial charge in [-0.2, -0.15) is 0 Å². The lowest BCUT2D eigenvalue weighted by molar-refractivity contribution is -0.146. The van der Waals surface area contributed by atoms with Crippen LogP contribution in [-0.2, 0) is 32.2 Å². The number of rotatable bonds is 7. The zero-order chi connectivity index (χ0) is 20.3. The van der Waals surface area contributed by atoms with Gasteiger partial charge in [0.1, 0.15) is 12.2 Å². The number of hydrogen-bond acceptors (Lipinski definition) is 5. The normalized spacial score (nSPS) is 22.0. The number of carbonyl (C=O) groups excluding carboxylic acids is 1. The van der Waals surface area contributed by atoms with Crippen LogP contribution in [0.2, 0.25) is 20.1 Å². The second-order valence-corrected chi connectivity index (χ2v) is 7.83. The number of benzene rings is 2. The number of ether oxygens (including phenoxy) is 3. The van der Waals surface area contributed by atoms with Crippen molar-refractivity contribution in [1.82, 2.24) is 0 Å². The van der Waals surface area contributed by atoms with Crippen LogP contribution < -0.4 is 0 Å². The highest BCUT2D eigenvalue weighted by atomic mass is 35.5. The van der Waals surface area contributed by atoms with Gasteiger partial charge in [0.2, 0.25) is 12.1 Å². The van der Waals surface area contributed by atoms with Gasteiger partial charge >= 0.3 is 0 Å². The van der Waals surface area contributed by atoms with E-state index in [1.54, 1.807) is 36.4 Å². The molecule has 0 amide bonds. The maximum absolute atomic E-state index is 12.2. The van der Waals surface area contributed by atoms with Crippen LogP contribution in [0.5, 0.6) is 0 Å². The van der Waals surface area contributed by atoms with E-state index in [1.165, 1.54) is 0 Å². The molecule has 3 rings (SSSR count). The zero-order valence-corrected chi connectivity index (χ0v) is 17.4. The molecule has 1 aliphatic rings. The van der Waals surface area contributed by atoms with Crippen molar-refractivity contribution in [3.63, 3.8) is 0 Å². The van der Waals surface area contributed by atoms with Crippen LogP contribution in [0.1, 0.15) is 11.1 Å². The molecule has 1 saturated heterocycles. The molecular formula is C19H16Cl4O5. The van der Waals surface area contributed by atoms with Gasteiger partial charge in [-0.15, -0.1) is 0 Å². The largest absolute Gasteiger partial charge is 0.374 e. The summed E-state index contributed by atoms with van der Waals surface area (Å²) in [6.07, 6.45) is -3.31. The Bertz CT molecular complexity index is 860. The Morgan fingerprint density at radius 2 is 1.50 bits per heavy atom. The van der Waals surface area contributed by atoms with Crippen LogP contribution in [0.4, 0.5) is 0 Å². The lowest BCUT2D eigenvalue weighted by Gasteiger charge is -2.18. The SMILES string of the molecule is O=C1C(O)OC(COCc2ccc(Cl)cc2Cl)C1OCc1ccc(Cl)cc1Cl. The summed E-state index contributed by atoms with van der Waals surface area (Å²) >= 11 is 24.0. The standard InChI is InChI=1S/C19H16Cl4O5/c20-12-3-1-10(14(22)5-12)7-26-9-16-18(17(24)19(25)28-16)27-8-11-2-4-13(21)6-15(11)23/h1-6,16,18-19,25H,7-9H2. The Balaban J connectivity index is 1.58. The molecule has 3 atom stereocenters. The number of halogens is 4. The molecule has 2 aromatic carbocycles. The van der Waals surface area contributed by atoms with Gasteiger partial charge in [0.05, 0.1) is 19.8 Å². The molecule has 1 N–H and O–H groups in total. The molecule has 5 nitrogen and oxygen atoms in total. The molecular weight excluding hydrogens is 450 g/mol. The van der Waals surface area contributed by atoms with Crippen LogP contribution >= 0.6 is 46.4 Å². The minimum atomic E-state index is -1.56. The predicted molar refractivity (Wildman–Crippen MR) is 107 cm³/mol. The Hall–Kier alpha value is -0.890. The Labute approximate surface area is 182 Å². The second-order valence-electron chi connectivity index (χ2n) is 6.15. The van der Waals surface area contributed by atoms with Gasteiger partial charge in [-0.1, -0.05) is 58.5 Å². The van der Waals surface area contributed by atoms with E-state index in [1.807, 2.05) is 0 Å². The quantitative estimate of drug-likeness (QED) is 0.642. The number of aliphatic hydroxyl groups is 1. The van der Waals surface area contributed by atoms with Crippen LogP contribution in [0.25, 0.3) is 0 Å². The van der Waals surface area contributed by atoms with Crippen molar-refractivity contribution in [2.75, 3.05) is 6.61 Å². The van der Waals surface area contributed by atoms with E-state index in [4.69, 9.17) is 60.6 Å². The molecule has 0 saturated carbocycles. The van der Waals surface area contributed by atoms with E-state index >= 15 is 0 Å². The monoisotopic (exact) mass is 464 g/mol. The Morgan fingerprint density at radius 1 is 0.929 bits per heavy atom. The highest BCUT2D eigenvalue weighted by Crippen LogP contribution is 2.26. The lowest BCUT2D eigenvalue weighted by Crippen LogP contribution is -2.34. The van der Waals surface area contributed by atoms with Crippen molar-refractivity contribution in [3.05, 3.63) is 67.6 Å². The minimum Gasteiger partial charge on any atom is -0.374 e. The summed E-state index contributed by atoms with van der Waals surface area (Å²) in [5.74, 6) is -0.566. The Morgan fingerprint density at radius 3 is 2.07 bits per heavy atom. The molecule has 2 aromatic rings. The second kappa shape index (κ2) is 9.74. The molecule has 1 heterocycles. The van der Waals surface area contributed by atoms with Gasteiger partial charge in [0, 0.05) is 20.1 Å². The molecule has 0 aliphatic carbocycles. The van der Waals surface area contributed by atoms with Crippen molar-refractivity contribution < 1.29 is 24.1 Å². The number of hydrogen-bond donors (Lipinski definition) is 1. The summed E-state index contributed by atoms with van der Waals surface area (Å²) in [5, 5.41) is 11.6. The number of aliphatic hydroxyl groups excluding tert-OH is 1. The van der Waals surface area contributed by atoms with E-state index in [9.17, 15) is 9.90 Å². The third-order valence-corrected chi connectivity index (χ3v) is 5.33. The summed E-state index contributed by atoms with van der Waals surface area (Å²) in [4.78, 5) is 12.2. The molecule has 9 heteroatoms. The van der Waals surface area contributed by atoms with E-state index in [0.29, 0.717) is 25.7 Å². The fourth-order valence-electron chi connectivity index (χ4n) is 2.69. The molecule has 0 bridgehead atoms. The first-order chi connectivity index (χ1) is 13.3. The number of carbonyl (C=O) groups is 1. The van der Waals surface area contributed by atoms with Crippen molar-refractivity contribution in [1.29, 1.82) is 0 Å². The molecule has 150 valence electrons.